The lowest BCUT2D eigenvalue weighted by Crippen LogP contribution is -2.58. The average molecular weight is 552 g/mol. The molecule has 2 fully saturated rings. The second-order valence-corrected chi connectivity index (χ2v) is 9.82. The summed E-state index contributed by atoms with van der Waals surface area (Å²) in [7, 11) is 1.42. The van der Waals surface area contributed by atoms with Crippen LogP contribution >= 0.6 is 0 Å². The van der Waals surface area contributed by atoms with Crippen LogP contribution in [0, 0.1) is 0 Å². The van der Waals surface area contributed by atoms with Crippen molar-refractivity contribution in [1.29, 1.82) is 0 Å². The van der Waals surface area contributed by atoms with E-state index in [1.807, 2.05) is 0 Å². The predicted octanol–water partition coefficient (Wildman–Crippen LogP) is -2.15. The fraction of sp³-hybridized carbons (Fsp3) is 0.720. The van der Waals surface area contributed by atoms with Gasteiger partial charge in [-0.3, -0.25) is 33.6 Å². The van der Waals surface area contributed by atoms with E-state index in [-0.39, 0.29) is 49.8 Å². The molecule has 39 heavy (non-hydrogen) atoms. The van der Waals surface area contributed by atoms with Gasteiger partial charge in [-0.25, -0.2) is 0 Å². The number of likely N-dealkylation sites (N-methyl/N-ethyl adjacent to an activating group) is 1. The Kier molecular flexibility index (Phi) is 13.2. The molecule has 2 aliphatic rings. The van der Waals surface area contributed by atoms with Crippen molar-refractivity contribution in [2.75, 3.05) is 20.1 Å². The van der Waals surface area contributed by atoms with Gasteiger partial charge in [-0.2, -0.15) is 0 Å². The van der Waals surface area contributed by atoms with Crippen molar-refractivity contribution in [1.82, 2.24) is 37.2 Å². The summed E-state index contributed by atoms with van der Waals surface area (Å²) >= 11 is 0. The van der Waals surface area contributed by atoms with E-state index in [4.69, 9.17) is 0 Å². The van der Waals surface area contributed by atoms with E-state index in [2.05, 4.69) is 37.2 Å². The minimum absolute atomic E-state index is 0.0164. The average Bonchev–Trinajstić information content (AvgIpc) is 2.89. The predicted molar refractivity (Wildman–Crippen MR) is 140 cm³/mol. The maximum Gasteiger partial charge on any atom is 0.243 e. The number of hydrogen-bond donors (Lipinski definition) is 7. The fourth-order valence-corrected chi connectivity index (χ4v) is 4.44. The van der Waals surface area contributed by atoms with Gasteiger partial charge in [0, 0.05) is 39.9 Å². The fourth-order valence-electron chi connectivity index (χ4n) is 4.44. The van der Waals surface area contributed by atoms with Gasteiger partial charge in [0.15, 0.2) is 0 Å². The Hall–Kier alpha value is -3.71. The van der Waals surface area contributed by atoms with Crippen molar-refractivity contribution < 1.29 is 33.6 Å². The molecule has 4 atom stereocenters. The van der Waals surface area contributed by atoms with Crippen LogP contribution in [-0.4, -0.2) is 85.7 Å². The van der Waals surface area contributed by atoms with Gasteiger partial charge in [-0.1, -0.05) is 0 Å². The third-order valence-electron chi connectivity index (χ3n) is 6.64. The van der Waals surface area contributed by atoms with E-state index in [0.29, 0.717) is 45.2 Å². The van der Waals surface area contributed by atoms with E-state index in [9.17, 15) is 33.6 Å². The van der Waals surface area contributed by atoms with Gasteiger partial charge in [-0.05, 0) is 51.4 Å². The van der Waals surface area contributed by atoms with E-state index in [1.165, 1.54) is 14.0 Å². The van der Waals surface area contributed by atoms with Gasteiger partial charge in [0.05, 0.1) is 0 Å². The highest BCUT2D eigenvalue weighted by Gasteiger charge is 2.31. The molecule has 2 rings (SSSR count). The topological polar surface area (TPSA) is 204 Å². The van der Waals surface area contributed by atoms with Gasteiger partial charge >= 0.3 is 0 Å². The molecule has 0 aromatic rings. The van der Waals surface area contributed by atoms with Crippen LogP contribution < -0.4 is 37.2 Å². The Morgan fingerprint density at radius 1 is 0.667 bits per heavy atom. The summed E-state index contributed by atoms with van der Waals surface area (Å²) in [6.07, 6.45) is 2.91. The maximum atomic E-state index is 13.3. The van der Waals surface area contributed by atoms with Crippen molar-refractivity contribution >= 4 is 41.4 Å². The summed E-state index contributed by atoms with van der Waals surface area (Å²) in [5.74, 6) is -3.14. The first-order valence-electron chi connectivity index (χ1n) is 13.5. The maximum absolute atomic E-state index is 13.3. The summed E-state index contributed by atoms with van der Waals surface area (Å²) in [5.41, 5.74) is 0. The molecular formula is C25H41N7O7. The number of nitrogens with one attached hydrogen (secondary N) is 7. The molecule has 0 aliphatic carbocycles. The van der Waals surface area contributed by atoms with E-state index in [1.54, 1.807) is 0 Å². The van der Waals surface area contributed by atoms with Crippen molar-refractivity contribution in [2.24, 2.45) is 0 Å². The third kappa shape index (κ3) is 11.3. The largest absolute Gasteiger partial charge is 0.357 e. The van der Waals surface area contributed by atoms with Crippen LogP contribution in [0.4, 0.5) is 0 Å². The van der Waals surface area contributed by atoms with E-state index >= 15 is 0 Å². The quantitative estimate of drug-likeness (QED) is 0.206. The molecular weight excluding hydrogens is 510 g/mol. The smallest absolute Gasteiger partial charge is 0.243 e. The van der Waals surface area contributed by atoms with Crippen LogP contribution in [0.3, 0.4) is 0 Å². The normalized spacial score (nSPS) is 26.3. The Labute approximate surface area is 227 Å². The SMILES string of the molecule is CNC(=O)[C@@H]1CCC(=O)NCCCC[C@H](NC(=O)[C@@H]2CCC(=O)NCCCC[C@H](NC(C)=O)C(=O)N2)C(=O)N1. The first-order chi connectivity index (χ1) is 18.6. The minimum atomic E-state index is -1.14. The molecule has 0 saturated carbocycles. The molecule has 14 nitrogen and oxygen atoms in total. The number of carbonyl (C=O) groups excluding carboxylic acids is 7. The van der Waals surface area contributed by atoms with E-state index < -0.39 is 47.8 Å². The first kappa shape index (κ1) is 31.5. The zero-order chi connectivity index (χ0) is 28.8. The zero-order valence-electron chi connectivity index (χ0n) is 22.7. The standard InChI is InChI=1S/C25H41N7O7/c1-15(33)29-16-7-3-5-13-28-21(35)12-10-19(32-23(16)37)25(39)30-17-8-4-6-14-27-20(34)11-9-18(22(36)26-2)31-24(17)38/h16-19H,3-14H2,1-2H3,(H,26,36)(H,27,34)(H,28,35)(H,29,33)(H,30,39)(H,31,38)(H,32,37)/t16-,17-,18-,19-/m0/s1. The number of rotatable bonds is 4. The van der Waals surface area contributed by atoms with Gasteiger partial charge < -0.3 is 37.2 Å². The highest BCUT2D eigenvalue weighted by atomic mass is 16.2. The number of hydrogen-bond acceptors (Lipinski definition) is 7. The van der Waals surface area contributed by atoms with Crippen molar-refractivity contribution in [3.05, 3.63) is 0 Å². The molecule has 0 aromatic carbocycles. The van der Waals surface area contributed by atoms with Crippen molar-refractivity contribution in [3.8, 4) is 0 Å². The number of amides is 7. The van der Waals surface area contributed by atoms with Gasteiger partial charge in [0.25, 0.3) is 0 Å². The summed E-state index contributed by atoms with van der Waals surface area (Å²) in [5, 5.41) is 18.5. The molecule has 14 heteroatoms. The van der Waals surface area contributed by atoms with Gasteiger partial charge in [-0.15, -0.1) is 0 Å². The molecule has 7 amide bonds. The number of carbonyl (C=O) groups is 7. The molecule has 2 heterocycles. The van der Waals surface area contributed by atoms with E-state index in [0.717, 1.165) is 0 Å². The summed E-state index contributed by atoms with van der Waals surface area (Å²) in [6.45, 7) is 2.11. The van der Waals surface area contributed by atoms with Crippen LogP contribution in [0.5, 0.6) is 0 Å². The Morgan fingerprint density at radius 3 is 1.59 bits per heavy atom. The second-order valence-electron chi connectivity index (χ2n) is 9.82. The first-order valence-corrected chi connectivity index (χ1v) is 13.5. The van der Waals surface area contributed by atoms with Crippen molar-refractivity contribution in [3.63, 3.8) is 0 Å². The van der Waals surface area contributed by atoms with Gasteiger partial charge in [0.1, 0.15) is 24.2 Å². The van der Waals surface area contributed by atoms with Crippen LogP contribution in [0.25, 0.3) is 0 Å². The summed E-state index contributed by atoms with van der Waals surface area (Å²) < 4.78 is 0. The minimum Gasteiger partial charge on any atom is -0.357 e. The Morgan fingerprint density at radius 2 is 1.13 bits per heavy atom. The molecule has 0 radical (unpaired) electrons. The summed E-state index contributed by atoms with van der Waals surface area (Å²) in [4.78, 5) is 87.6. The highest BCUT2D eigenvalue weighted by molar-refractivity contribution is 5.95. The monoisotopic (exact) mass is 551 g/mol. The lowest BCUT2D eigenvalue weighted by Gasteiger charge is -2.27. The molecule has 0 aromatic heterocycles. The molecule has 2 aliphatic heterocycles. The highest BCUT2D eigenvalue weighted by Crippen LogP contribution is 2.09. The second kappa shape index (κ2) is 16.3. The van der Waals surface area contributed by atoms with Gasteiger partial charge in [0.2, 0.25) is 41.4 Å². The Bertz CT molecular complexity index is 926. The van der Waals surface area contributed by atoms with Crippen molar-refractivity contribution in [2.45, 2.75) is 95.3 Å². The lowest BCUT2D eigenvalue weighted by molar-refractivity contribution is -0.135. The molecule has 0 spiro atoms. The third-order valence-corrected chi connectivity index (χ3v) is 6.64. The molecule has 218 valence electrons. The molecule has 0 unspecified atom stereocenters. The molecule has 0 bridgehead atoms. The zero-order valence-corrected chi connectivity index (χ0v) is 22.7. The van der Waals surface area contributed by atoms with Crippen LogP contribution in [0.15, 0.2) is 0 Å². The molecule has 2 saturated heterocycles. The molecule has 7 N–H and O–H groups in total. The van der Waals surface area contributed by atoms with Crippen LogP contribution in [-0.2, 0) is 33.6 Å². The van der Waals surface area contributed by atoms with Crippen LogP contribution in [0.1, 0.15) is 71.1 Å². The summed E-state index contributed by atoms with van der Waals surface area (Å²) in [6, 6.07) is -3.98. The Balaban J connectivity index is 2.20. The lowest BCUT2D eigenvalue weighted by atomic mass is 10.0. The van der Waals surface area contributed by atoms with Crippen LogP contribution in [0.2, 0.25) is 0 Å².